The molecular formula is C17H20BrNO. The largest absolute Gasteiger partial charge is 0.367 e. The molecule has 0 spiro atoms. The highest BCUT2D eigenvalue weighted by Gasteiger charge is 2.18. The van der Waals surface area contributed by atoms with Crippen LogP contribution < -0.4 is 5.73 Å². The Hall–Kier alpha value is -1.16. The Bertz CT molecular complexity index is 551. The third-order valence-corrected chi connectivity index (χ3v) is 3.84. The molecule has 2 aromatic rings. The number of rotatable bonds is 5. The van der Waals surface area contributed by atoms with Gasteiger partial charge in [0, 0.05) is 10.5 Å². The van der Waals surface area contributed by atoms with Crippen LogP contribution in [0.5, 0.6) is 0 Å². The summed E-state index contributed by atoms with van der Waals surface area (Å²) in [6.07, 6.45) is -0.0835. The molecule has 2 N–H and O–H groups in total. The molecular weight excluding hydrogens is 314 g/mol. The van der Waals surface area contributed by atoms with Crippen molar-refractivity contribution in [3.8, 4) is 0 Å². The summed E-state index contributed by atoms with van der Waals surface area (Å²) in [4.78, 5) is 0. The standard InChI is InChI=1S/C17H20BrNO/c1-12-5-3-4-6-16(12)17(13(2)19)20-11-14-7-9-15(18)10-8-14/h3-10,13,17H,11,19H2,1-2H3. The molecule has 0 radical (unpaired) electrons. The van der Waals surface area contributed by atoms with Crippen LogP contribution >= 0.6 is 15.9 Å². The first-order chi connectivity index (χ1) is 9.58. The molecule has 0 aromatic heterocycles. The van der Waals surface area contributed by atoms with Crippen molar-refractivity contribution < 1.29 is 4.74 Å². The zero-order chi connectivity index (χ0) is 14.5. The van der Waals surface area contributed by atoms with Crippen LogP contribution in [0.2, 0.25) is 0 Å². The van der Waals surface area contributed by atoms with E-state index in [-0.39, 0.29) is 12.1 Å². The summed E-state index contributed by atoms with van der Waals surface area (Å²) in [7, 11) is 0. The monoisotopic (exact) mass is 333 g/mol. The van der Waals surface area contributed by atoms with E-state index in [0.29, 0.717) is 6.61 Å². The van der Waals surface area contributed by atoms with Crippen LogP contribution in [0.15, 0.2) is 53.0 Å². The van der Waals surface area contributed by atoms with Crippen LogP contribution in [-0.2, 0) is 11.3 Å². The van der Waals surface area contributed by atoms with Gasteiger partial charge in [0.1, 0.15) is 0 Å². The molecule has 0 aliphatic rings. The summed E-state index contributed by atoms with van der Waals surface area (Å²) in [6.45, 7) is 4.64. The SMILES string of the molecule is Cc1ccccc1C(OCc1ccc(Br)cc1)C(C)N. The third kappa shape index (κ3) is 3.92. The van der Waals surface area contributed by atoms with Gasteiger partial charge in [0.25, 0.3) is 0 Å². The summed E-state index contributed by atoms with van der Waals surface area (Å²) >= 11 is 3.43. The van der Waals surface area contributed by atoms with Crippen LogP contribution in [-0.4, -0.2) is 6.04 Å². The van der Waals surface area contributed by atoms with Gasteiger partial charge in [0.15, 0.2) is 0 Å². The Morgan fingerprint density at radius 1 is 1.10 bits per heavy atom. The van der Waals surface area contributed by atoms with Crippen molar-refractivity contribution in [3.05, 3.63) is 69.7 Å². The maximum atomic E-state index is 6.09. The first-order valence-electron chi connectivity index (χ1n) is 6.75. The number of halogens is 1. The van der Waals surface area contributed by atoms with E-state index in [1.165, 1.54) is 11.1 Å². The van der Waals surface area contributed by atoms with Crippen LogP contribution in [0.3, 0.4) is 0 Å². The average Bonchev–Trinajstić information content (AvgIpc) is 2.42. The Labute approximate surface area is 129 Å². The van der Waals surface area contributed by atoms with Gasteiger partial charge in [-0.2, -0.15) is 0 Å². The molecule has 0 aliphatic heterocycles. The Morgan fingerprint density at radius 2 is 1.75 bits per heavy atom. The molecule has 0 aliphatic carbocycles. The minimum Gasteiger partial charge on any atom is -0.367 e. The van der Waals surface area contributed by atoms with Crippen LogP contribution in [0, 0.1) is 6.92 Å². The van der Waals surface area contributed by atoms with Gasteiger partial charge in [-0.25, -0.2) is 0 Å². The maximum absolute atomic E-state index is 6.09. The Morgan fingerprint density at radius 3 is 2.35 bits per heavy atom. The van der Waals surface area contributed by atoms with Crippen LogP contribution in [0.4, 0.5) is 0 Å². The van der Waals surface area contributed by atoms with Crippen molar-refractivity contribution in [2.24, 2.45) is 5.73 Å². The van der Waals surface area contributed by atoms with Crippen molar-refractivity contribution in [3.63, 3.8) is 0 Å². The van der Waals surface area contributed by atoms with Gasteiger partial charge in [-0.1, -0.05) is 52.3 Å². The third-order valence-electron chi connectivity index (χ3n) is 3.32. The number of nitrogens with two attached hydrogens (primary N) is 1. The summed E-state index contributed by atoms with van der Waals surface area (Å²) < 4.78 is 7.13. The van der Waals surface area contributed by atoms with Gasteiger partial charge in [0.2, 0.25) is 0 Å². The highest BCUT2D eigenvalue weighted by atomic mass is 79.9. The Kier molecular flexibility index (Phi) is 5.35. The van der Waals surface area contributed by atoms with Crippen LogP contribution in [0.1, 0.15) is 29.7 Å². The maximum Gasteiger partial charge on any atom is 0.0980 e. The number of hydrogen-bond acceptors (Lipinski definition) is 2. The van der Waals surface area contributed by atoms with E-state index in [0.717, 1.165) is 10.0 Å². The summed E-state index contributed by atoms with van der Waals surface area (Å²) in [5.74, 6) is 0. The van der Waals surface area contributed by atoms with E-state index < -0.39 is 0 Å². The summed E-state index contributed by atoms with van der Waals surface area (Å²) in [6, 6.07) is 16.3. The quantitative estimate of drug-likeness (QED) is 0.882. The van der Waals surface area contributed by atoms with Crippen molar-refractivity contribution in [2.75, 3.05) is 0 Å². The zero-order valence-corrected chi connectivity index (χ0v) is 13.4. The van der Waals surface area contributed by atoms with E-state index in [9.17, 15) is 0 Å². The van der Waals surface area contributed by atoms with Gasteiger partial charge in [-0.15, -0.1) is 0 Å². The van der Waals surface area contributed by atoms with Gasteiger partial charge in [-0.3, -0.25) is 0 Å². The topological polar surface area (TPSA) is 35.2 Å². The molecule has 0 fully saturated rings. The fraction of sp³-hybridized carbons (Fsp3) is 0.294. The molecule has 2 nitrogen and oxygen atoms in total. The number of ether oxygens (including phenoxy) is 1. The lowest BCUT2D eigenvalue weighted by molar-refractivity contribution is 0.0255. The molecule has 20 heavy (non-hydrogen) atoms. The fourth-order valence-corrected chi connectivity index (χ4v) is 2.46. The number of aryl methyl sites for hydroxylation is 1. The first-order valence-corrected chi connectivity index (χ1v) is 7.54. The second kappa shape index (κ2) is 7.02. The molecule has 3 heteroatoms. The molecule has 106 valence electrons. The second-order valence-corrected chi connectivity index (χ2v) is 5.99. The first kappa shape index (κ1) is 15.2. The van der Waals surface area contributed by atoms with Gasteiger partial charge < -0.3 is 10.5 Å². The highest BCUT2D eigenvalue weighted by molar-refractivity contribution is 9.10. The molecule has 2 rings (SSSR count). The van der Waals surface area contributed by atoms with Gasteiger partial charge in [0.05, 0.1) is 12.7 Å². The van der Waals surface area contributed by atoms with E-state index in [2.05, 4.69) is 47.1 Å². The van der Waals surface area contributed by atoms with E-state index >= 15 is 0 Å². The molecule has 0 amide bonds. The zero-order valence-electron chi connectivity index (χ0n) is 11.8. The van der Waals surface area contributed by atoms with E-state index in [1.54, 1.807) is 0 Å². The number of benzene rings is 2. The summed E-state index contributed by atoms with van der Waals surface area (Å²) in [5, 5.41) is 0. The predicted octanol–water partition coefficient (Wildman–Crippen LogP) is 4.36. The molecule has 0 heterocycles. The molecule has 0 saturated heterocycles. The van der Waals surface area contributed by atoms with Gasteiger partial charge >= 0.3 is 0 Å². The second-order valence-electron chi connectivity index (χ2n) is 5.07. The van der Waals surface area contributed by atoms with E-state index in [1.807, 2.05) is 31.2 Å². The smallest absolute Gasteiger partial charge is 0.0980 e. The van der Waals surface area contributed by atoms with Crippen molar-refractivity contribution in [1.82, 2.24) is 0 Å². The summed E-state index contributed by atoms with van der Waals surface area (Å²) in [5.41, 5.74) is 9.62. The fourth-order valence-electron chi connectivity index (χ4n) is 2.20. The van der Waals surface area contributed by atoms with Gasteiger partial charge in [-0.05, 0) is 42.7 Å². The lowest BCUT2D eigenvalue weighted by Crippen LogP contribution is -2.27. The minimum absolute atomic E-state index is 0.0495. The van der Waals surface area contributed by atoms with E-state index in [4.69, 9.17) is 10.5 Å². The predicted molar refractivity (Wildman–Crippen MR) is 86.5 cm³/mol. The number of hydrogen-bond donors (Lipinski definition) is 1. The van der Waals surface area contributed by atoms with Crippen molar-refractivity contribution in [1.29, 1.82) is 0 Å². The molecule has 0 saturated carbocycles. The lowest BCUT2D eigenvalue weighted by Gasteiger charge is -2.23. The highest BCUT2D eigenvalue weighted by Crippen LogP contribution is 2.25. The van der Waals surface area contributed by atoms with Crippen molar-refractivity contribution in [2.45, 2.75) is 32.6 Å². The average molecular weight is 334 g/mol. The Balaban J connectivity index is 2.11. The molecule has 2 unspecified atom stereocenters. The lowest BCUT2D eigenvalue weighted by atomic mass is 9.99. The van der Waals surface area contributed by atoms with Crippen LogP contribution in [0.25, 0.3) is 0 Å². The minimum atomic E-state index is -0.0835. The molecule has 0 bridgehead atoms. The normalized spacial score (nSPS) is 14.0. The molecule has 2 aromatic carbocycles. The van der Waals surface area contributed by atoms with Crippen molar-refractivity contribution >= 4 is 15.9 Å². The molecule has 2 atom stereocenters.